The van der Waals surface area contributed by atoms with Crippen LogP contribution in [0.2, 0.25) is 5.02 Å². The number of esters is 2. The zero-order chi connectivity index (χ0) is 19.1. The predicted molar refractivity (Wildman–Crippen MR) is 98.2 cm³/mol. The van der Waals surface area contributed by atoms with Crippen molar-refractivity contribution in [2.45, 2.75) is 27.5 Å². The number of halogens is 1. The van der Waals surface area contributed by atoms with Gasteiger partial charge >= 0.3 is 11.9 Å². The van der Waals surface area contributed by atoms with Crippen molar-refractivity contribution in [2.75, 3.05) is 19.8 Å². The Balaban J connectivity index is 2.33. The van der Waals surface area contributed by atoms with Crippen LogP contribution in [0.5, 0.6) is 0 Å². The lowest BCUT2D eigenvalue weighted by Crippen LogP contribution is -2.12. The standard InChI is InChI=1S/C19H22ClNO5/c1-4-25-19(23)16-13(2)21(12-24-10-11-26-14(3)22)18(17(16)20)15-8-6-5-7-9-15/h5-9H,4,10-12H2,1-3H3. The van der Waals surface area contributed by atoms with Gasteiger partial charge in [0.05, 0.1) is 29.5 Å². The van der Waals surface area contributed by atoms with Crippen molar-refractivity contribution in [1.29, 1.82) is 0 Å². The fourth-order valence-electron chi connectivity index (χ4n) is 2.58. The number of carbonyl (C=O) groups excluding carboxylic acids is 2. The first-order chi connectivity index (χ1) is 12.5. The molecule has 0 aliphatic rings. The van der Waals surface area contributed by atoms with Crippen LogP contribution in [0.25, 0.3) is 11.3 Å². The normalized spacial score (nSPS) is 10.6. The summed E-state index contributed by atoms with van der Waals surface area (Å²) in [5, 5.41) is 0.329. The molecule has 0 saturated carbocycles. The summed E-state index contributed by atoms with van der Waals surface area (Å²) in [4.78, 5) is 23.1. The third kappa shape index (κ3) is 4.65. The lowest BCUT2D eigenvalue weighted by molar-refractivity contribution is -0.142. The molecule has 1 aromatic carbocycles. The Labute approximate surface area is 157 Å². The van der Waals surface area contributed by atoms with E-state index in [4.69, 9.17) is 25.8 Å². The van der Waals surface area contributed by atoms with E-state index in [1.807, 2.05) is 34.9 Å². The largest absolute Gasteiger partial charge is 0.463 e. The van der Waals surface area contributed by atoms with Crippen molar-refractivity contribution in [3.8, 4) is 11.3 Å². The van der Waals surface area contributed by atoms with Crippen molar-refractivity contribution in [3.63, 3.8) is 0 Å². The molecule has 0 unspecified atom stereocenters. The molecule has 0 aliphatic heterocycles. The summed E-state index contributed by atoms with van der Waals surface area (Å²) in [7, 11) is 0. The Bertz CT molecular complexity index is 770. The van der Waals surface area contributed by atoms with E-state index in [0.717, 1.165) is 5.56 Å². The molecule has 140 valence electrons. The van der Waals surface area contributed by atoms with Gasteiger partial charge in [-0.2, -0.15) is 0 Å². The van der Waals surface area contributed by atoms with Gasteiger partial charge in [-0.25, -0.2) is 4.79 Å². The monoisotopic (exact) mass is 379 g/mol. The first-order valence-corrected chi connectivity index (χ1v) is 8.67. The highest BCUT2D eigenvalue weighted by Gasteiger charge is 2.25. The smallest absolute Gasteiger partial charge is 0.341 e. The average molecular weight is 380 g/mol. The molecule has 0 bridgehead atoms. The molecule has 6 nitrogen and oxygen atoms in total. The zero-order valence-corrected chi connectivity index (χ0v) is 15.8. The Morgan fingerprint density at radius 3 is 2.42 bits per heavy atom. The van der Waals surface area contributed by atoms with Crippen molar-refractivity contribution < 1.29 is 23.8 Å². The van der Waals surface area contributed by atoms with E-state index in [1.165, 1.54) is 6.92 Å². The van der Waals surface area contributed by atoms with Crippen LogP contribution >= 0.6 is 11.6 Å². The maximum absolute atomic E-state index is 12.3. The topological polar surface area (TPSA) is 66.8 Å². The van der Waals surface area contributed by atoms with E-state index in [9.17, 15) is 9.59 Å². The quantitative estimate of drug-likeness (QED) is 0.515. The number of benzene rings is 1. The number of nitrogens with zero attached hydrogens (tertiary/aromatic N) is 1. The lowest BCUT2D eigenvalue weighted by atomic mass is 10.1. The van der Waals surface area contributed by atoms with Gasteiger partial charge in [0, 0.05) is 12.6 Å². The molecule has 0 aliphatic carbocycles. The minimum absolute atomic E-state index is 0.161. The van der Waals surface area contributed by atoms with Crippen molar-refractivity contribution in [2.24, 2.45) is 0 Å². The number of ether oxygens (including phenoxy) is 3. The van der Waals surface area contributed by atoms with Gasteiger partial charge in [-0.3, -0.25) is 4.79 Å². The molecule has 0 radical (unpaired) electrons. The molecule has 7 heteroatoms. The Morgan fingerprint density at radius 1 is 1.12 bits per heavy atom. The second kappa shape index (κ2) is 9.40. The molecule has 2 aromatic rings. The maximum atomic E-state index is 12.3. The first-order valence-electron chi connectivity index (χ1n) is 8.29. The molecule has 0 N–H and O–H groups in total. The Morgan fingerprint density at radius 2 is 1.81 bits per heavy atom. The fourth-order valence-corrected chi connectivity index (χ4v) is 3.00. The molecule has 0 saturated heterocycles. The molecule has 26 heavy (non-hydrogen) atoms. The van der Waals surface area contributed by atoms with Crippen LogP contribution in [0.1, 0.15) is 29.9 Å². The van der Waals surface area contributed by atoms with Crippen LogP contribution in [-0.2, 0) is 25.7 Å². The van der Waals surface area contributed by atoms with Crippen molar-refractivity contribution in [3.05, 3.63) is 46.6 Å². The van der Waals surface area contributed by atoms with E-state index in [-0.39, 0.29) is 32.5 Å². The second-order valence-corrected chi connectivity index (χ2v) is 5.89. The molecule has 0 amide bonds. The van der Waals surface area contributed by atoms with Gasteiger partial charge in [0.15, 0.2) is 0 Å². The molecular formula is C19H22ClNO5. The fraction of sp³-hybridized carbons (Fsp3) is 0.368. The maximum Gasteiger partial charge on any atom is 0.341 e. The minimum atomic E-state index is -0.467. The molecule has 2 rings (SSSR count). The van der Waals surface area contributed by atoms with Crippen LogP contribution in [-0.4, -0.2) is 36.3 Å². The number of hydrogen-bond acceptors (Lipinski definition) is 5. The molecular weight excluding hydrogens is 358 g/mol. The van der Waals surface area contributed by atoms with Crippen LogP contribution in [0.15, 0.2) is 30.3 Å². The number of rotatable bonds is 8. The summed E-state index contributed by atoms with van der Waals surface area (Å²) >= 11 is 6.53. The van der Waals surface area contributed by atoms with E-state index in [0.29, 0.717) is 22.0 Å². The molecule has 1 aromatic heterocycles. The summed E-state index contributed by atoms with van der Waals surface area (Å²) in [6.45, 7) is 5.70. The van der Waals surface area contributed by atoms with E-state index < -0.39 is 5.97 Å². The third-order valence-corrected chi connectivity index (χ3v) is 4.11. The van der Waals surface area contributed by atoms with Crippen LogP contribution < -0.4 is 0 Å². The van der Waals surface area contributed by atoms with E-state index in [1.54, 1.807) is 13.8 Å². The molecule has 0 spiro atoms. The number of aromatic nitrogens is 1. The van der Waals surface area contributed by atoms with Gasteiger partial charge in [0.2, 0.25) is 0 Å². The van der Waals surface area contributed by atoms with E-state index >= 15 is 0 Å². The Hall–Kier alpha value is -2.31. The average Bonchev–Trinajstić information content (AvgIpc) is 2.85. The van der Waals surface area contributed by atoms with Crippen molar-refractivity contribution in [1.82, 2.24) is 4.57 Å². The van der Waals surface area contributed by atoms with Gasteiger partial charge < -0.3 is 18.8 Å². The molecule has 0 fully saturated rings. The highest BCUT2D eigenvalue weighted by molar-refractivity contribution is 6.36. The molecule has 1 heterocycles. The first kappa shape index (κ1) is 20.0. The van der Waals surface area contributed by atoms with Crippen LogP contribution in [0, 0.1) is 6.92 Å². The second-order valence-electron chi connectivity index (χ2n) is 5.51. The van der Waals surface area contributed by atoms with Crippen LogP contribution in [0.4, 0.5) is 0 Å². The van der Waals surface area contributed by atoms with Crippen LogP contribution in [0.3, 0.4) is 0 Å². The highest BCUT2D eigenvalue weighted by atomic mass is 35.5. The van der Waals surface area contributed by atoms with E-state index in [2.05, 4.69) is 0 Å². The predicted octanol–water partition coefficient (Wildman–Crippen LogP) is 3.83. The lowest BCUT2D eigenvalue weighted by Gasteiger charge is -2.13. The molecule has 0 atom stereocenters. The third-order valence-electron chi connectivity index (χ3n) is 3.74. The van der Waals surface area contributed by atoms with Gasteiger partial charge in [-0.05, 0) is 19.4 Å². The number of hydrogen-bond donors (Lipinski definition) is 0. The van der Waals surface area contributed by atoms with Gasteiger partial charge in [0.1, 0.15) is 13.3 Å². The highest BCUT2D eigenvalue weighted by Crippen LogP contribution is 2.36. The SMILES string of the molecule is CCOC(=O)c1c(Cl)c(-c2ccccc2)n(COCCOC(C)=O)c1C. The Kier molecular flexibility index (Phi) is 7.24. The van der Waals surface area contributed by atoms with Gasteiger partial charge in [-0.1, -0.05) is 41.9 Å². The summed E-state index contributed by atoms with van der Waals surface area (Å²) in [6.07, 6.45) is 0. The van der Waals surface area contributed by atoms with Gasteiger partial charge in [-0.15, -0.1) is 0 Å². The zero-order valence-electron chi connectivity index (χ0n) is 15.1. The summed E-state index contributed by atoms with van der Waals surface area (Å²) in [6, 6.07) is 9.50. The summed E-state index contributed by atoms with van der Waals surface area (Å²) in [5.74, 6) is -0.825. The van der Waals surface area contributed by atoms with Gasteiger partial charge in [0.25, 0.3) is 0 Å². The number of carbonyl (C=O) groups is 2. The summed E-state index contributed by atoms with van der Waals surface area (Å²) in [5.41, 5.74) is 2.52. The van der Waals surface area contributed by atoms with Crippen molar-refractivity contribution >= 4 is 23.5 Å². The summed E-state index contributed by atoms with van der Waals surface area (Å²) < 4.78 is 17.4. The minimum Gasteiger partial charge on any atom is -0.463 e.